The Bertz CT molecular complexity index is 1380. The Hall–Kier alpha value is -4.11. The first-order valence-electron chi connectivity index (χ1n) is 12.0. The summed E-state index contributed by atoms with van der Waals surface area (Å²) in [4.78, 5) is 43.8. The zero-order valence-corrected chi connectivity index (χ0v) is 20.0. The van der Waals surface area contributed by atoms with Crippen molar-refractivity contribution in [3.63, 3.8) is 0 Å². The largest absolute Gasteiger partial charge is 0.378 e. The van der Waals surface area contributed by atoms with Crippen LogP contribution in [0.15, 0.2) is 65.6 Å². The molecule has 2 aliphatic rings. The van der Waals surface area contributed by atoms with Crippen LogP contribution in [0.1, 0.15) is 16.8 Å². The third kappa shape index (κ3) is 4.70. The van der Waals surface area contributed by atoms with E-state index in [1.54, 1.807) is 23.2 Å². The third-order valence-corrected chi connectivity index (χ3v) is 6.93. The number of carbonyl (C=O) groups excluding carboxylic acids is 2. The van der Waals surface area contributed by atoms with Gasteiger partial charge in [0.25, 0.3) is 11.5 Å². The highest BCUT2D eigenvalue weighted by atomic mass is 16.5. The number of hydrogen-bond donors (Lipinski definition) is 3. The van der Waals surface area contributed by atoms with Gasteiger partial charge in [0, 0.05) is 60.8 Å². The number of aromatic amines is 1. The fourth-order valence-electron chi connectivity index (χ4n) is 4.88. The van der Waals surface area contributed by atoms with Gasteiger partial charge < -0.3 is 30.6 Å². The molecule has 0 bridgehead atoms. The molecule has 9 heteroatoms. The van der Waals surface area contributed by atoms with Crippen molar-refractivity contribution in [1.29, 1.82) is 0 Å². The molecule has 2 amide bonds. The van der Waals surface area contributed by atoms with Crippen LogP contribution in [0, 0.1) is 5.92 Å². The highest BCUT2D eigenvalue weighted by Crippen LogP contribution is 2.34. The molecule has 1 unspecified atom stereocenters. The fourth-order valence-corrected chi connectivity index (χ4v) is 4.88. The number of morpholine rings is 1. The number of benzene rings is 2. The van der Waals surface area contributed by atoms with Gasteiger partial charge in [-0.15, -0.1) is 0 Å². The molecular weight excluding hydrogens is 458 g/mol. The second-order valence-corrected chi connectivity index (χ2v) is 9.19. The minimum atomic E-state index is -0.468. The number of aromatic nitrogens is 1. The lowest BCUT2D eigenvalue weighted by atomic mass is 9.99. The van der Waals surface area contributed by atoms with Gasteiger partial charge in [0.1, 0.15) is 0 Å². The Morgan fingerprint density at radius 3 is 2.56 bits per heavy atom. The zero-order chi connectivity index (χ0) is 25.2. The number of ether oxygens (including phenoxy) is 1. The van der Waals surface area contributed by atoms with Crippen LogP contribution in [-0.4, -0.2) is 61.1 Å². The first-order chi connectivity index (χ1) is 17.4. The number of carbonyl (C=O) groups is 2. The van der Waals surface area contributed by atoms with Gasteiger partial charge >= 0.3 is 0 Å². The molecule has 186 valence electrons. The van der Waals surface area contributed by atoms with E-state index in [1.807, 2.05) is 30.3 Å². The normalized spacial score (nSPS) is 17.8. The summed E-state index contributed by atoms with van der Waals surface area (Å²) in [6.07, 6.45) is 2.42. The van der Waals surface area contributed by atoms with Crippen molar-refractivity contribution < 1.29 is 14.3 Å². The van der Waals surface area contributed by atoms with Crippen molar-refractivity contribution in [1.82, 2.24) is 9.88 Å². The molecule has 1 atom stereocenters. The summed E-state index contributed by atoms with van der Waals surface area (Å²) < 4.78 is 5.33. The Balaban J connectivity index is 1.42. The number of hydrogen-bond acceptors (Lipinski definition) is 6. The molecule has 9 nitrogen and oxygen atoms in total. The molecule has 0 aliphatic carbocycles. The number of H-pyrrole nitrogens is 1. The molecule has 3 heterocycles. The third-order valence-electron chi connectivity index (χ3n) is 6.93. The molecule has 0 spiro atoms. The highest BCUT2D eigenvalue weighted by molar-refractivity contribution is 5.98. The number of pyridine rings is 1. The lowest BCUT2D eigenvalue weighted by Gasteiger charge is -2.27. The number of nitrogens with zero attached hydrogens (tertiary/aromatic N) is 2. The van der Waals surface area contributed by atoms with E-state index in [9.17, 15) is 14.4 Å². The van der Waals surface area contributed by atoms with Crippen LogP contribution in [0.25, 0.3) is 10.8 Å². The van der Waals surface area contributed by atoms with Gasteiger partial charge in [-0.2, -0.15) is 0 Å². The Kier molecular flexibility index (Phi) is 6.47. The molecule has 2 fully saturated rings. The summed E-state index contributed by atoms with van der Waals surface area (Å²) in [5.41, 5.74) is 8.66. The molecule has 2 aromatic carbocycles. The fraction of sp³-hybridized carbons (Fsp3) is 0.296. The average molecular weight is 488 g/mol. The lowest BCUT2D eigenvalue weighted by molar-refractivity contribution is -0.115. The molecule has 2 aliphatic heterocycles. The van der Waals surface area contributed by atoms with Crippen LogP contribution in [0.2, 0.25) is 0 Å². The summed E-state index contributed by atoms with van der Waals surface area (Å²) in [7, 11) is 0. The molecule has 1 aromatic heterocycles. The lowest BCUT2D eigenvalue weighted by Crippen LogP contribution is -2.40. The van der Waals surface area contributed by atoms with E-state index in [4.69, 9.17) is 10.5 Å². The first-order valence-corrected chi connectivity index (χ1v) is 12.0. The van der Waals surface area contributed by atoms with Crippen molar-refractivity contribution in [3.05, 3.63) is 76.7 Å². The maximum atomic E-state index is 12.8. The maximum Gasteiger partial charge on any atom is 0.257 e. The summed E-state index contributed by atoms with van der Waals surface area (Å²) in [6, 6.07) is 13.0. The van der Waals surface area contributed by atoms with Crippen LogP contribution in [0.5, 0.6) is 0 Å². The van der Waals surface area contributed by atoms with Gasteiger partial charge in [-0.3, -0.25) is 14.4 Å². The van der Waals surface area contributed by atoms with E-state index in [0.717, 1.165) is 29.7 Å². The summed E-state index contributed by atoms with van der Waals surface area (Å²) in [5, 5.41) is 4.72. The first kappa shape index (κ1) is 23.6. The van der Waals surface area contributed by atoms with E-state index in [2.05, 4.69) is 21.8 Å². The predicted molar refractivity (Wildman–Crippen MR) is 140 cm³/mol. The van der Waals surface area contributed by atoms with Gasteiger partial charge in [-0.25, -0.2) is 0 Å². The molecular formula is C27H29N5O4. The van der Waals surface area contributed by atoms with E-state index >= 15 is 0 Å². The standard InChI is InChI=1S/C27H29N5O4/c1-17(25(28)33)20-7-9-32(16-20)22-14-19-6-8-29-26(34)24(19)23(15-22)30-21-4-2-18(3-5-21)27(35)31-10-12-36-13-11-31/h2-6,8,14-15,20,30H,1,7,9-13,16H2,(H2,28,33)(H,29,34). The summed E-state index contributed by atoms with van der Waals surface area (Å²) in [6.45, 7) is 7.53. The zero-order valence-electron chi connectivity index (χ0n) is 20.0. The molecule has 2 saturated heterocycles. The van der Waals surface area contributed by atoms with Crippen LogP contribution >= 0.6 is 0 Å². The van der Waals surface area contributed by atoms with Crippen LogP contribution in [0.4, 0.5) is 17.1 Å². The van der Waals surface area contributed by atoms with E-state index < -0.39 is 5.91 Å². The second-order valence-electron chi connectivity index (χ2n) is 9.19. The average Bonchev–Trinajstić information content (AvgIpc) is 3.39. The van der Waals surface area contributed by atoms with Crippen LogP contribution in [-0.2, 0) is 9.53 Å². The van der Waals surface area contributed by atoms with Crippen molar-refractivity contribution in [2.24, 2.45) is 11.7 Å². The highest BCUT2D eigenvalue weighted by Gasteiger charge is 2.27. The summed E-state index contributed by atoms with van der Waals surface area (Å²) >= 11 is 0. The van der Waals surface area contributed by atoms with E-state index in [-0.39, 0.29) is 17.4 Å². The number of nitrogens with one attached hydrogen (secondary N) is 2. The van der Waals surface area contributed by atoms with Gasteiger partial charge in [0.2, 0.25) is 5.91 Å². The predicted octanol–water partition coefficient (Wildman–Crippen LogP) is 2.61. The summed E-state index contributed by atoms with van der Waals surface area (Å²) in [5.74, 6) is -0.481. The Morgan fingerprint density at radius 2 is 1.83 bits per heavy atom. The minimum absolute atomic E-state index is 0.00494. The number of anilines is 3. The molecule has 5 rings (SSSR count). The topological polar surface area (TPSA) is 121 Å². The van der Waals surface area contributed by atoms with E-state index in [1.165, 1.54) is 0 Å². The van der Waals surface area contributed by atoms with Crippen molar-refractivity contribution >= 4 is 39.6 Å². The second kappa shape index (κ2) is 9.87. The van der Waals surface area contributed by atoms with Crippen molar-refractivity contribution in [3.8, 4) is 0 Å². The molecule has 36 heavy (non-hydrogen) atoms. The van der Waals surface area contributed by atoms with Crippen LogP contribution in [0.3, 0.4) is 0 Å². The monoisotopic (exact) mass is 487 g/mol. The number of amides is 2. The van der Waals surface area contributed by atoms with Crippen molar-refractivity contribution in [2.75, 3.05) is 49.6 Å². The van der Waals surface area contributed by atoms with Gasteiger partial charge in [-0.05, 0) is 54.3 Å². The minimum Gasteiger partial charge on any atom is -0.378 e. The molecule has 0 radical (unpaired) electrons. The van der Waals surface area contributed by atoms with Crippen molar-refractivity contribution in [2.45, 2.75) is 6.42 Å². The number of fused-ring (bicyclic) bond motifs is 1. The number of primary amides is 1. The number of rotatable bonds is 6. The smallest absolute Gasteiger partial charge is 0.257 e. The quantitative estimate of drug-likeness (QED) is 0.460. The molecule has 4 N–H and O–H groups in total. The van der Waals surface area contributed by atoms with E-state index in [0.29, 0.717) is 55.1 Å². The Labute approximate surface area is 208 Å². The number of nitrogens with two attached hydrogens (primary N) is 1. The van der Waals surface area contributed by atoms with Gasteiger partial charge in [0.15, 0.2) is 0 Å². The Morgan fingerprint density at radius 1 is 1.08 bits per heavy atom. The van der Waals surface area contributed by atoms with Crippen LogP contribution < -0.4 is 21.5 Å². The van der Waals surface area contributed by atoms with Gasteiger partial charge in [0.05, 0.1) is 24.3 Å². The molecule has 3 aromatic rings. The molecule has 0 saturated carbocycles. The van der Waals surface area contributed by atoms with Gasteiger partial charge in [-0.1, -0.05) is 6.58 Å². The SMILES string of the molecule is C=C(C(N)=O)C1CCN(c2cc(Nc3ccc(C(=O)N4CCOCC4)cc3)c3c(=O)[nH]ccc3c2)C1. The maximum absolute atomic E-state index is 12.8.